The van der Waals surface area contributed by atoms with E-state index in [1.165, 1.54) is 24.8 Å². The van der Waals surface area contributed by atoms with E-state index in [0.29, 0.717) is 0 Å². The highest BCUT2D eigenvalue weighted by atomic mass is 13.9. The van der Waals surface area contributed by atoms with Gasteiger partial charge in [-0.25, -0.2) is 0 Å². The van der Waals surface area contributed by atoms with Crippen molar-refractivity contribution < 1.29 is 0 Å². The van der Waals surface area contributed by atoms with E-state index < -0.39 is 0 Å². The Morgan fingerprint density at radius 1 is 1.50 bits per heavy atom. The van der Waals surface area contributed by atoms with Gasteiger partial charge in [0.2, 0.25) is 0 Å². The highest BCUT2D eigenvalue weighted by Gasteiger charge is 1.83. The lowest BCUT2D eigenvalue weighted by atomic mass is 10.1. The van der Waals surface area contributed by atoms with Crippen molar-refractivity contribution in [1.29, 1.82) is 0 Å². The standard InChI is InChI=1S/C10H18/c1-4-6-7-9-10(3)8-5-2/h5,9H,2,4,6-8H2,1,3H3/b10-9-. The summed E-state index contributed by atoms with van der Waals surface area (Å²) >= 11 is 0. The van der Waals surface area contributed by atoms with Crippen LogP contribution in [-0.4, -0.2) is 0 Å². The van der Waals surface area contributed by atoms with E-state index in [-0.39, 0.29) is 0 Å². The van der Waals surface area contributed by atoms with Crippen molar-refractivity contribution in [2.24, 2.45) is 0 Å². The Morgan fingerprint density at radius 2 is 2.20 bits per heavy atom. The lowest BCUT2D eigenvalue weighted by Gasteiger charge is -1.94. The zero-order valence-corrected chi connectivity index (χ0v) is 7.19. The average Bonchev–Trinajstić information content (AvgIpc) is 1.89. The van der Waals surface area contributed by atoms with Crippen LogP contribution >= 0.6 is 0 Å². The van der Waals surface area contributed by atoms with Crippen molar-refractivity contribution in [3.8, 4) is 0 Å². The quantitative estimate of drug-likeness (QED) is 0.401. The van der Waals surface area contributed by atoms with E-state index in [1.807, 2.05) is 6.08 Å². The topological polar surface area (TPSA) is 0 Å². The molecule has 0 amide bonds. The minimum absolute atomic E-state index is 1.05. The molecule has 0 spiro atoms. The Labute approximate surface area is 64.6 Å². The molecule has 0 N–H and O–H groups in total. The normalized spacial score (nSPS) is 11.6. The first-order chi connectivity index (χ1) is 4.81. The molecule has 10 heavy (non-hydrogen) atoms. The van der Waals surface area contributed by atoms with Gasteiger partial charge in [0.15, 0.2) is 0 Å². The van der Waals surface area contributed by atoms with Gasteiger partial charge in [0.25, 0.3) is 0 Å². The van der Waals surface area contributed by atoms with Gasteiger partial charge in [-0.3, -0.25) is 0 Å². The molecule has 0 bridgehead atoms. The van der Waals surface area contributed by atoms with Crippen molar-refractivity contribution in [3.05, 3.63) is 24.3 Å². The lowest BCUT2D eigenvalue weighted by molar-refractivity contribution is 0.809. The van der Waals surface area contributed by atoms with Crippen molar-refractivity contribution in [2.75, 3.05) is 0 Å². The van der Waals surface area contributed by atoms with Gasteiger partial charge in [0, 0.05) is 0 Å². The molecule has 0 rings (SSSR count). The Bertz CT molecular complexity index is 109. The van der Waals surface area contributed by atoms with Crippen LogP contribution in [0.2, 0.25) is 0 Å². The maximum atomic E-state index is 3.69. The van der Waals surface area contributed by atoms with Crippen LogP contribution in [0.25, 0.3) is 0 Å². The van der Waals surface area contributed by atoms with Crippen LogP contribution in [0.3, 0.4) is 0 Å². The van der Waals surface area contributed by atoms with E-state index in [1.54, 1.807) is 0 Å². The predicted molar refractivity (Wildman–Crippen MR) is 48.1 cm³/mol. The number of unbranched alkanes of at least 4 members (excludes halogenated alkanes) is 2. The van der Waals surface area contributed by atoms with Gasteiger partial charge in [0.05, 0.1) is 0 Å². The minimum atomic E-state index is 1.05. The summed E-state index contributed by atoms with van der Waals surface area (Å²) < 4.78 is 0. The molecular formula is C10H18. The molecular weight excluding hydrogens is 120 g/mol. The number of hydrogen-bond donors (Lipinski definition) is 0. The first-order valence-electron chi connectivity index (χ1n) is 4.07. The summed E-state index contributed by atoms with van der Waals surface area (Å²) in [5, 5.41) is 0. The third kappa shape index (κ3) is 5.61. The molecule has 0 aliphatic heterocycles. The second kappa shape index (κ2) is 6.60. The molecule has 0 aliphatic rings. The van der Waals surface area contributed by atoms with Crippen molar-refractivity contribution in [3.63, 3.8) is 0 Å². The molecule has 0 aromatic carbocycles. The maximum absolute atomic E-state index is 3.69. The van der Waals surface area contributed by atoms with Crippen molar-refractivity contribution in [1.82, 2.24) is 0 Å². The maximum Gasteiger partial charge on any atom is -0.0144 e. The first-order valence-corrected chi connectivity index (χ1v) is 4.07. The molecule has 0 saturated carbocycles. The van der Waals surface area contributed by atoms with Gasteiger partial charge in [-0.1, -0.05) is 37.5 Å². The molecule has 0 heteroatoms. The number of allylic oxidation sites excluding steroid dienone is 3. The molecule has 0 aromatic heterocycles. The Morgan fingerprint density at radius 3 is 2.70 bits per heavy atom. The lowest BCUT2D eigenvalue weighted by Crippen LogP contribution is -1.73. The molecule has 0 aliphatic carbocycles. The predicted octanol–water partition coefficient (Wildman–Crippen LogP) is 3.70. The molecule has 0 aromatic rings. The highest BCUT2D eigenvalue weighted by Crippen LogP contribution is 2.04. The summed E-state index contributed by atoms with van der Waals surface area (Å²) in [7, 11) is 0. The van der Waals surface area contributed by atoms with Crippen LogP contribution < -0.4 is 0 Å². The van der Waals surface area contributed by atoms with Crippen LogP contribution in [-0.2, 0) is 0 Å². The summed E-state index contributed by atoms with van der Waals surface area (Å²) in [6, 6.07) is 0. The van der Waals surface area contributed by atoms with E-state index in [2.05, 4.69) is 26.5 Å². The van der Waals surface area contributed by atoms with Gasteiger partial charge in [-0.05, 0) is 19.8 Å². The summed E-state index contributed by atoms with van der Waals surface area (Å²) in [5.41, 5.74) is 1.45. The fourth-order valence-electron chi connectivity index (χ4n) is 0.864. The largest absolute Gasteiger partial charge is 0.103 e. The second-order valence-corrected chi connectivity index (χ2v) is 2.69. The summed E-state index contributed by atoms with van der Waals surface area (Å²) in [5.74, 6) is 0. The fraction of sp³-hybridized carbons (Fsp3) is 0.600. The highest BCUT2D eigenvalue weighted by molar-refractivity contribution is 5.02. The Balaban J connectivity index is 3.37. The third-order valence-corrected chi connectivity index (χ3v) is 1.52. The summed E-state index contributed by atoms with van der Waals surface area (Å²) in [6.07, 6.45) is 9.15. The number of rotatable bonds is 5. The van der Waals surface area contributed by atoms with E-state index in [9.17, 15) is 0 Å². The van der Waals surface area contributed by atoms with Gasteiger partial charge < -0.3 is 0 Å². The zero-order chi connectivity index (χ0) is 7.82. The molecule has 58 valence electrons. The van der Waals surface area contributed by atoms with Crippen LogP contribution in [0.1, 0.15) is 39.5 Å². The average molecular weight is 138 g/mol. The smallest absolute Gasteiger partial charge is 0.0144 e. The molecule has 0 heterocycles. The van der Waals surface area contributed by atoms with Gasteiger partial charge in [-0.2, -0.15) is 0 Å². The Hall–Kier alpha value is -0.520. The van der Waals surface area contributed by atoms with Gasteiger partial charge in [0.1, 0.15) is 0 Å². The fourth-order valence-corrected chi connectivity index (χ4v) is 0.864. The van der Waals surface area contributed by atoms with E-state index >= 15 is 0 Å². The van der Waals surface area contributed by atoms with Crippen molar-refractivity contribution in [2.45, 2.75) is 39.5 Å². The third-order valence-electron chi connectivity index (χ3n) is 1.52. The SMILES string of the molecule is C=CC/C(C)=C\CCCC. The molecule has 0 unspecified atom stereocenters. The molecule has 0 fully saturated rings. The monoisotopic (exact) mass is 138 g/mol. The Kier molecular flexibility index (Phi) is 6.25. The molecule has 0 nitrogen and oxygen atoms in total. The van der Waals surface area contributed by atoms with Crippen LogP contribution in [0, 0.1) is 0 Å². The van der Waals surface area contributed by atoms with Crippen LogP contribution in [0.5, 0.6) is 0 Å². The summed E-state index contributed by atoms with van der Waals surface area (Å²) in [4.78, 5) is 0. The van der Waals surface area contributed by atoms with Gasteiger partial charge >= 0.3 is 0 Å². The van der Waals surface area contributed by atoms with Crippen LogP contribution in [0.15, 0.2) is 24.3 Å². The molecule has 0 saturated heterocycles. The summed E-state index contributed by atoms with van der Waals surface area (Å²) in [6.45, 7) is 8.07. The van der Waals surface area contributed by atoms with Gasteiger partial charge in [-0.15, -0.1) is 6.58 Å². The number of hydrogen-bond acceptors (Lipinski definition) is 0. The first kappa shape index (κ1) is 9.48. The molecule has 0 atom stereocenters. The minimum Gasteiger partial charge on any atom is -0.103 e. The second-order valence-electron chi connectivity index (χ2n) is 2.69. The molecule has 0 radical (unpaired) electrons. The van der Waals surface area contributed by atoms with E-state index in [0.717, 1.165) is 6.42 Å². The van der Waals surface area contributed by atoms with Crippen molar-refractivity contribution >= 4 is 0 Å². The van der Waals surface area contributed by atoms with Crippen LogP contribution in [0.4, 0.5) is 0 Å². The van der Waals surface area contributed by atoms with E-state index in [4.69, 9.17) is 0 Å². The zero-order valence-electron chi connectivity index (χ0n) is 7.19.